The zero-order valence-electron chi connectivity index (χ0n) is 13.8. The summed E-state index contributed by atoms with van der Waals surface area (Å²) in [6, 6.07) is 9.70. The van der Waals surface area contributed by atoms with Crippen molar-refractivity contribution in [2.75, 3.05) is 11.9 Å². The highest BCUT2D eigenvalue weighted by atomic mass is 16.5. The summed E-state index contributed by atoms with van der Waals surface area (Å²) in [6.45, 7) is 6.54. The van der Waals surface area contributed by atoms with E-state index in [0.29, 0.717) is 18.7 Å². The number of anilines is 1. The number of hydrogen-bond donors (Lipinski definition) is 2. The van der Waals surface area contributed by atoms with Crippen LogP contribution >= 0.6 is 0 Å². The number of rotatable bonds is 4. The van der Waals surface area contributed by atoms with E-state index in [1.165, 1.54) is 0 Å². The fourth-order valence-electron chi connectivity index (χ4n) is 3.20. The van der Waals surface area contributed by atoms with Gasteiger partial charge in [0.2, 0.25) is 5.91 Å². The summed E-state index contributed by atoms with van der Waals surface area (Å²) in [5.74, 6) is -0.185. The number of fused-ring (bicyclic) bond motifs is 1. The molecule has 3 N–H and O–H groups in total. The summed E-state index contributed by atoms with van der Waals surface area (Å²) in [6.07, 6.45) is 2.20. The third-order valence-electron chi connectivity index (χ3n) is 5.08. The first kappa shape index (κ1) is 15.9. The Morgan fingerprint density at radius 3 is 2.87 bits per heavy atom. The van der Waals surface area contributed by atoms with Crippen LogP contribution in [0.4, 0.5) is 5.69 Å². The number of nitrogens with two attached hydrogens (primary N) is 1. The Morgan fingerprint density at radius 2 is 2.17 bits per heavy atom. The van der Waals surface area contributed by atoms with Gasteiger partial charge in [0.15, 0.2) is 0 Å². The number of ether oxygens (including phenoxy) is 1. The van der Waals surface area contributed by atoms with Crippen molar-refractivity contribution < 1.29 is 9.53 Å². The monoisotopic (exact) mass is 313 g/mol. The highest BCUT2D eigenvalue weighted by Crippen LogP contribution is 2.50. The average molecular weight is 313 g/mol. The van der Waals surface area contributed by atoms with E-state index in [9.17, 15) is 4.79 Å². The predicted molar refractivity (Wildman–Crippen MR) is 91.1 cm³/mol. The third kappa shape index (κ3) is 2.50. The van der Waals surface area contributed by atoms with E-state index in [1.54, 1.807) is 6.20 Å². The molecule has 1 saturated carbocycles. The van der Waals surface area contributed by atoms with Gasteiger partial charge in [-0.05, 0) is 19.1 Å². The molecule has 1 heterocycles. The van der Waals surface area contributed by atoms with Crippen molar-refractivity contribution in [1.82, 2.24) is 4.98 Å². The van der Waals surface area contributed by atoms with Crippen LogP contribution in [0.25, 0.3) is 10.9 Å². The Morgan fingerprint density at radius 1 is 1.43 bits per heavy atom. The van der Waals surface area contributed by atoms with Gasteiger partial charge in [-0.25, -0.2) is 0 Å². The van der Waals surface area contributed by atoms with E-state index in [0.717, 1.165) is 10.9 Å². The maximum absolute atomic E-state index is 12.7. The van der Waals surface area contributed by atoms with E-state index in [-0.39, 0.29) is 12.0 Å². The van der Waals surface area contributed by atoms with Crippen LogP contribution in [0, 0.1) is 5.41 Å². The first-order valence-corrected chi connectivity index (χ1v) is 7.95. The van der Waals surface area contributed by atoms with Gasteiger partial charge in [-0.15, -0.1) is 0 Å². The Labute approximate surface area is 136 Å². The summed E-state index contributed by atoms with van der Waals surface area (Å²) < 4.78 is 5.67. The molecule has 5 nitrogen and oxygen atoms in total. The molecule has 1 aromatic carbocycles. The van der Waals surface area contributed by atoms with Crippen LogP contribution in [-0.2, 0) is 9.53 Å². The third-order valence-corrected chi connectivity index (χ3v) is 5.08. The highest BCUT2D eigenvalue weighted by molar-refractivity contribution is 6.00. The first-order chi connectivity index (χ1) is 10.9. The fourth-order valence-corrected chi connectivity index (χ4v) is 3.20. The van der Waals surface area contributed by atoms with Gasteiger partial charge >= 0.3 is 0 Å². The second kappa shape index (κ2) is 5.58. The Hall–Kier alpha value is -1.98. The topological polar surface area (TPSA) is 77.2 Å². The molecule has 1 aliphatic rings. The number of carbonyl (C=O) groups is 1. The molecule has 23 heavy (non-hydrogen) atoms. The molecule has 0 saturated heterocycles. The van der Waals surface area contributed by atoms with Gasteiger partial charge in [-0.2, -0.15) is 0 Å². The van der Waals surface area contributed by atoms with Crippen molar-refractivity contribution in [2.45, 2.75) is 38.8 Å². The van der Waals surface area contributed by atoms with Crippen molar-refractivity contribution in [2.24, 2.45) is 11.1 Å². The van der Waals surface area contributed by atoms with Gasteiger partial charge in [0.1, 0.15) is 5.54 Å². The summed E-state index contributed by atoms with van der Waals surface area (Å²) in [7, 11) is 0. The summed E-state index contributed by atoms with van der Waals surface area (Å²) in [5.41, 5.74) is 6.61. The first-order valence-electron chi connectivity index (χ1n) is 7.95. The van der Waals surface area contributed by atoms with Gasteiger partial charge < -0.3 is 15.8 Å². The maximum Gasteiger partial charge on any atom is 0.245 e. The number of hydrogen-bond acceptors (Lipinski definition) is 4. The zero-order chi connectivity index (χ0) is 16.7. The Kier molecular flexibility index (Phi) is 3.86. The van der Waals surface area contributed by atoms with Crippen LogP contribution in [0.3, 0.4) is 0 Å². The maximum atomic E-state index is 12.7. The second-order valence-electron chi connectivity index (χ2n) is 6.71. The standard InChI is InChI=1S/C18H23N3O2/c1-4-23-15-10-18(19,17(15,2)3)16(22)21-13-9-12-7-5-6-8-14(12)20-11-13/h5-9,11,15H,4,10,19H2,1-3H3,(H,21,22). The van der Waals surface area contributed by atoms with Crippen LogP contribution in [-0.4, -0.2) is 29.1 Å². The number of aromatic nitrogens is 1. The molecular weight excluding hydrogens is 290 g/mol. The minimum Gasteiger partial charge on any atom is -0.378 e. The molecule has 3 rings (SSSR count). The molecule has 2 unspecified atom stereocenters. The molecular formula is C18H23N3O2. The smallest absolute Gasteiger partial charge is 0.245 e. The second-order valence-corrected chi connectivity index (χ2v) is 6.71. The van der Waals surface area contributed by atoms with E-state index in [1.807, 2.05) is 51.1 Å². The SMILES string of the molecule is CCOC1CC(N)(C(=O)Nc2cnc3ccccc3c2)C1(C)C. The largest absolute Gasteiger partial charge is 0.378 e. The molecule has 1 amide bonds. The summed E-state index contributed by atoms with van der Waals surface area (Å²) in [5, 5.41) is 3.90. The molecule has 1 aromatic heterocycles. The summed E-state index contributed by atoms with van der Waals surface area (Å²) in [4.78, 5) is 17.1. The lowest BCUT2D eigenvalue weighted by atomic mass is 9.54. The van der Waals surface area contributed by atoms with E-state index in [4.69, 9.17) is 10.5 Å². The van der Waals surface area contributed by atoms with Crippen LogP contribution in [0.2, 0.25) is 0 Å². The fraction of sp³-hybridized carbons (Fsp3) is 0.444. The molecule has 0 radical (unpaired) electrons. The van der Waals surface area contributed by atoms with Gasteiger partial charge in [-0.1, -0.05) is 32.0 Å². The zero-order valence-corrected chi connectivity index (χ0v) is 13.8. The lowest BCUT2D eigenvalue weighted by Crippen LogP contribution is -2.74. The predicted octanol–water partition coefficient (Wildman–Crippen LogP) is 2.71. The average Bonchev–Trinajstić information content (AvgIpc) is 2.54. The van der Waals surface area contributed by atoms with E-state index < -0.39 is 11.0 Å². The minimum absolute atomic E-state index is 0.0120. The minimum atomic E-state index is -0.932. The number of nitrogens with one attached hydrogen (secondary N) is 1. The van der Waals surface area contributed by atoms with Crippen molar-refractivity contribution in [3.8, 4) is 0 Å². The molecule has 0 bridgehead atoms. The van der Waals surface area contributed by atoms with Crippen molar-refractivity contribution >= 4 is 22.5 Å². The van der Waals surface area contributed by atoms with Gasteiger partial charge in [0.05, 0.1) is 23.5 Å². The van der Waals surface area contributed by atoms with Crippen LogP contribution in [0.1, 0.15) is 27.2 Å². The number of pyridine rings is 1. The Bertz CT molecular complexity index is 744. The van der Waals surface area contributed by atoms with E-state index in [2.05, 4.69) is 10.3 Å². The normalized spacial score (nSPS) is 25.8. The van der Waals surface area contributed by atoms with Crippen LogP contribution in [0.5, 0.6) is 0 Å². The molecule has 5 heteroatoms. The quantitative estimate of drug-likeness (QED) is 0.910. The number of para-hydroxylation sites is 1. The van der Waals surface area contributed by atoms with Crippen molar-refractivity contribution in [3.05, 3.63) is 36.5 Å². The van der Waals surface area contributed by atoms with Gasteiger partial charge in [0.25, 0.3) is 0 Å². The molecule has 2 atom stereocenters. The molecule has 2 aromatic rings. The Balaban J connectivity index is 1.78. The number of amides is 1. The van der Waals surface area contributed by atoms with Crippen LogP contribution in [0.15, 0.2) is 36.5 Å². The molecule has 0 spiro atoms. The number of carbonyl (C=O) groups excluding carboxylic acids is 1. The van der Waals surface area contributed by atoms with Gasteiger partial charge in [-0.3, -0.25) is 9.78 Å². The van der Waals surface area contributed by atoms with Crippen molar-refractivity contribution in [1.29, 1.82) is 0 Å². The van der Waals surface area contributed by atoms with Gasteiger partial charge in [0, 0.05) is 23.8 Å². The lowest BCUT2D eigenvalue weighted by molar-refractivity contribution is -0.166. The van der Waals surface area contributed by atoms with Crippen LogP contribution < -0.4 is 11.1 Å². The van der Waals surface area contributed by atoms with Crippen molar-refractivity contribution in [3.63, 3.8) is 0 Å². The lowest BCUT2D eigenvalue weighted by Gasteiger charge is -2.57. The molecule has 1 aliphatic carbocycles. The molecule has 0 aliphatic heterocycles. The highest BCUT2D eigenvalue weighted by Gasteiger charge is 2.62. The summed E-state index contributed by atoms with van der Waals surface area (Å²) >= 11 is 0. The molecule has 1 fully saturated rings. The molecule has 122 valence electrons. The number of nitrogens with zero attached hydrogens (tertiary/aromatic N) is 1. The number of benzene rings is 1. The van der Waals surface area contributed by atoms with E-state index >= 15 is 0 Å².